The molecule has 23 heavy (non-hydrogen) atoms. The summed E-state index contributed by atoms with van der Waals surface area (Å²) in [6.45, 7) is 1.53. The Bertz CT molecular complexity index is 770. The zero-order valence-corrected chi connectivity index (χ0v) is 13.3. The highest BCUT2D eigenvalue weighted by Crippen LogP contribution is 2.45. The normalized spacial score (nSPS) is 14.2. The summed E-state index contributed by atoms with van der Waals surface area (Å²) in [4.78, 5) is 0.562. The fraction of sp³-hybridized carbons (Fsp3) is 0.250. The molecule has 0 radical (unpaired) electrons. The van der Waals surface area contributed by atoms with Gasteiger partial charge in [0.2, 0.25) is 9.84 Å². The van der Waals surface area contributed by atoms with Gasteiger partial charge >= 0.3 is 0 Å². The molecule has 2 aromatic carbocycles. The first-order chi connectivity index (χ1) is 11.1. The van der Waals surface area contributed by atoms with Crippen molar-refractivity contribution in [3.05, 3.63) is 36.4 Å². The fourth-order valence-corrected chi connectivity index (χ4v) is 4.21. The standard InChI is InChI=1S/C16H18N2O4S/c17-5-7-21-11-1-3-15-13(9-11)14-10-12(22-8-6-18)2-4-16(14)23(15,19)20/h1-4,9-10H,5-8,17-18H2. The number of fused-ring (bicyclic) bond motifs is 3. The highest BCUT2D eigenvalue weighted by Gasteiger charge is 2.33. The lowest BCUT2D eigenvalue weighted by molar-refractivity contribution is 0.327. The van der Waals surface area contributed by atoms with E-state index in [1.165, 1.54) is 0 Å². The average Bonchev–Trinajstić information content (AvgIpc) is 2.78. The van der Waals surface area contributed by atoms with Crippen LogP contribution in [0.15, 0.2) is 46.2 Å². The smallest absolute Gasteiger partial charge is 0.207 e. The van der Waals surface area contributed by atoms with Gasteiger partial charge in [0.05, 0.1) is 9.79 Å². The van der Waals surface area contributed by atoms with Gasteiger partial charge in [-0.05, 0) is 36.4 Å². The molecule has 7 heteroatoms. The molecule has 4 N–H and O–H groups in total. The second-order valence-electron chi connectivity index (χ2n) is 5.09. The minimum Gasteiger partial charge on any atom is -0.492 e. The van der Waals surface area contributed by atoms with Crippen molar-refractivity contribution >= 4 is 9.84 Å². The van der Waals surface area contributed by atoms with E-state index < -0.39 is 9.84 Å². The molecule has 3 rings (SSSR count). The van der Waals surface area contributed by atoms with Crippen molar-refractivity contribution in [3.63, 3.8) is 0 Å². The Labute approximate surface area is 134 Å². The number of benzene rings is 2. The van der Waals surface area contributed by atoms with Crippen molar-refractivity contribution in [2.45, 2.75) is 9.79 Å². The van der Waals surface area contributed by atoms with Crippen molar-refractivity contribution < 1.29 is 17.9 Å². The SMILES string of the molecule is NCCOc1ccc2c(c1)-c1cc(OCCN)ccc1S2(=O)=O. The molecule has 1 heterocycles. The zero-order chi connectivity index (χ0) is 16.4. The maximum absolute atomic E-state index is 12.6. The molecule has 0 fully saturated rings. The third-order valence-corrected chi connectivity index (χ3v) is 5.41. The molecule has 6 nitrogen and oxygen atoms in total. The monoisotopic (exact) mass is 334 g/mol. The molecule has 2 aromatic rings. The average molecular weight is 334 g/mol. The third kappa shape index (κ3) is 2.78. The lowest BCUT2D eigenvalue weighted by Crippen LogP contribution is -2.10. The summed E-state index contributed by atoms with van der Waals surface area (Å²) in [6, 6.07) is 9.86. The Kier molecular flexibility index (Phi) is 4.25. The first kappa shape index (κ1) is 15.8. The van der Waals surface area contributed by atoms with E-state index in [4.69, 9.17) is 20.9 Å². The first-order valence-corrected chi connectivity index (χ1v) is 8.75. The van der Waals surface area contributed by atoms with Crippen LogP contribution in [0, 0.1) is 0 Å². The van der Waals surface area contributed by atoms with Crippen LogP contribution in [-0.2, 0) is 9.84 Å². The molecule has 0 unspecified atom stereocenters. The number of sulfone groups is 1. The molecule has 1 aliphatic heterocycles. The minimum atomic E-state index is -3.50. The molecular weight excluding hydrogens is 316 g/mol. The van der Waals surface area contributed by atoms with E-state index in [2.05, 4.69) is 0 Å². The van der Waals surface area contributed by atoms with Crippen LogP contribution in [0.25, 0.3) is 11.1 Å². The molecule has 122 valence electrons. The van der Waals surface area contributed by atoms with Crippen LogP contribution in [0.2, 0.25) is 0 Å². The fourth-order valence-electron chi connectivity index (χ4n) is 2.56. The summed E-state index contributed by atoms with van der Waals surface area (Å²) in [7, 11) is -3.50. The largest absolute Gasteiger partial charge is 0.492 e. The predicted molar refractivity (Wildman–Crippen MR) is 86.4 cm³/mol. The Morgan fingerprint density at radius 3 is 1.61 bits per heavy atom. The van der Waals surface area contributed by atoms with Gasteiger partial charge in [-0.25, -0.2) is 8.42 Å². The second-order valence-corrected chi connectivity index (χ2v) is 6.98. The number of hydrogen-bond donors (Lipinski definition) is 2. The van der Waals surface area contributed by atoms with Gasteiger partial charge in [-0.1, -0.05) is 0 Å². The minimum absolute atomic E-state index is 0.281. The van der Waals surface area contributed by atoms with Crippen LogP contribution in [0.1, 0.15) is 0 Å². The molecule has 0 amide bonds. The lowest BCUT2D eigenvalue weighted by Gasteiger charge is -2.08. The van der Waals surface area contributed by atoms with Gasteiger partial charge in [0.15, 0.2) is 0 Å². The zero-order valence-electron chi connectivity index (χ0n) is 12.5. The van der Waals surface area contributed by atoms with E-state index in [1.54, 1.807) is 36.4 Å². The van der Waals surface area contributed by atoms with Crippen LogP contribution in [0.3, 0.4) is 0 Å². The number of hydrogen-bond acceptors (Lipinski definition) is 6. The van der Waals surface area contributed by atoms with Crippen LogP contribution >= 0.6 is 0 Å². The Morgan fingerprint density at radius 1 is 0.783 bits per heavy atom. The maximum Gasteiger partial charge on any atom is 0.207 e. The quantitative estimate of drug-likeness (QED) is 0.701. The predicted octanol–water partition coefficient (Wildman–Crippen LogP) is 1.17. The Hall–Kier alpha value is -2.09. The van der Waals surface area contributed by atoms with Gasteiger partial charge in [0.1, 0.15) is 24.7 Å². The first-order valence-electron chi connectivity index (χ1n) is 7.27. The van der Waals surface area contributed by atoms with E-state index >= 15 is 0 Å². The van der Waals surface area contributed by atoms with E-state index in [-0.39, 0.29) is 9.79 Å². The topological polar surface area (TPSA) is 105 Å². The summed E-state index contributed by atoms with van der Waals surface area (Å²) >= 11 is 0. The highest BCUT2D eigenvalue weighted by molar-refractivity contribution is 7.92. The molecule has 1 aliphatic rings. The van der Waals surface area contributed by atoms with Crippen molar-refractivity contribution in [1.29, 1.82) is 0 Å². The van der Waals surface area contributed by atoms with E-state index in [0.717, 1.165) is 0 Å². The van der Waals surface area contributed by atoms with Crippen molar-refractivity contribution in [2.75, 3.05) is 26.3 Å². The molecule has 0 bridgehead atoms. The molecule has 0 saturated heterocycles. The van der Waals surface area contributed by atoms with Gasteiger partial charge in [-0.2, -0.15) is 0 Å². The van der Waals surface area contributed by atoms with Crippen molar-refractivity contribution in [1.82, 2.24) is 0 Å². The van der Waals surface area contributed by atoms with Gasteiger partial charge in [-0.15, -0.1) is 0 Å². The van der Waals surface area contributed by atoms with Gasteiger partial charge in [-0.3, -0.25) is 0 Å². The summed E-state index contributed by atoms with van der Waals surface area (Å²) in [5.41, 5.74) is 12.1. The maximum atomic E-state index is 12.6. The van der Waals surface area contributed by atoms with Crippen molar-refractivity contribution in [2.24, 2.45) is 11.5 Å². The third-order valence-electron chi connectivity index (χ3n) is 3.54. The van der Waals surface area contributed by atoms with Crippen LogP contribution < -0.4 is 20.9 Å². The van der Waals surface area contributed by atoms with E-state index in [1.807, 2.05) is 0 Å². The van der Waals surface area contributed by atoms with Gasteiger partial charge in [0, 0.05) is 24.2 Å². The van der Waals surface area contributed by atoms with Crippen LogP contribution in [0.4, 0.5) is 0 Å². The van der Waals surface area contributed by atoms with Crippen LogP contribution in [-0.4, -0.2) is 34.7 Å². The molecule has 0 atom stereocenters. The van der Waals surface area contributed by atoms with E-state index in [0.29, 0.717) is 48.9 Å². The van der Waals surface area contributed by atoms with Crippen molar-refractivity contribution in [3.8, 4) is 22.6 Å². The number of nitrogens with two attached hydrogens (primary N) is 2. The second kappa shape index (κ2) is 6.19. The molecular formula is C16H18N2O4S. The highest BCUT2D eigenvalue weighted by atomic mass is 32.2. The summed E-state index contributed by atoms with van der Waals surface area (Å²) < 4.78 is 36.2. The summed E-state index contributed by atoms with van der Waals surface area (Å²) in [5.74, 6) is 1.18. The Morgan fingerprint density at radius 2 is 1.22 bits per heavy atom. The number of ether oxygens (including phenoxy) is 2. The summed E-state index contributed by atoms with van der Waals surface area (Å²) in [6.07, 6.45) is 0. The van der Waals surface area contributed by atoms with Crippen LogP contribution in [0.5, 0.6) is 11.5 Å². The van der Waals surface area contributed by atoms with Gasteiger partial charge < -0.3 is 20.9 Å². The lowest BCUT2D eigenvalue weighted by atomic mass is 10.1. The summed E-state index contributed by atoms with van der Waals surface area (Å²) in [5, 5.41) is 0. The molecule has 0 aliphatic carbocycles. The Balaban J connectivity index is 2.08. The van der Waals surface area contributed by atoms with Gasteiger partial charge in [0.25, 0.3) is 0 Å². The molecule has 0 spiro atoms. The van der Waals surface area contributed by atoms with E-state index in [9.17, 15) is 8.42 Å². The molecule has 0 saturated carbocycles. The number of rotatable bonds is 6. The molecule has 0 aromatic heterocycles.